The summed E-state index contributed by atoms with van der Waals surface area (Å²) in [6.07, 6.45) is 0. The van der Waals surface area contributed by atoms with Crippen molar-refractivity contribution in [2.75, 3.05) is 0 Å². The van der Waals surface area contributed by atoms with Gasteiger partial charge in [0.05, 0.1) is 0 Å². The first-order chi connectivity index (χ1) is 8.16. The second kappa shape index (κ2) is 3.45. The highest BCUT2D eigenvalue weighted by atomic mass is 15.4. The van der Waals surface area contributed by atoms with Gasteiger partial charge in [-0.1, -0.05) is 29.8 Å². The summed E-state index contributed by atoms with van der Waals surface area (Å²) in [7, 11) is 0. The summed E-state index contributed by atoms with van der Waals surface area (Å²) >= 11 is 0. The summed E-state index contributed by atoms with van der Waals surface area (Å²) in [6.45, 7) is 6.17. The average molecular weight is 226 g/mol. The summed E-state index contributed by atoms with van der Waals surface area (Å²) in [4.78, 5) is 0. The fourth-order valence-corrected chi connectivity index (χ4v) is 1.94. The predicted octanol–water partition coefficient (Wildman–Crippen LogP) is 2.65. The molecule has 86 valence electrons. The SMILES string of the molecule is Cc1ccc(-c2nnc3c(C)c(C)[nH]n23)cc1. The van der Waals surface area contributed by atoms with E-state index in [1.165, 1.54) is 5.56 Å². The summed E-state index contributed by atoms with van der Waals surface area (Å²) < 4.78 is 1.94. The molecule has 3 aromatic rings. The van der Waals surface area contributed by atoms with Gasteiger partial charge in [-0.2, -0.15) is 0 Å². The molecule has 0 aliphatic rings. The van der Waals surface area contributed by atoms with Crippen LogP contribution < -0.4 is 0 Å². The molecule has 0 amide bonds. The molecule has 0 atom stereocenters. The molecule has 0 radical (unpaired) electrons. The number of hydrogen-bond acceptors (Lipinski definition) is 2. The second-order valence-corrected chi connectivity index (χ2v) is 4.41. The quantitative estimate of drug-likeness (QED) is 0.693. The van der Waals surface area contributed by atoms with E-state index in [1.54, 1.807) is 0 Å². The van der Waals surface area contributed by atoms with Crippen molar-refractivity contribution in [1.29, 1.82) is 0 Å². The van der Waals surface area contributed by atoms with E-state index in [0.717, 1.165) is 28.3 Å². The van der Waals surface area contributed by atoms with Gasteiger partial charge in [-0.05, 0) is 20.8 Å². The van der Waals surface area contributed by atoms with Crippen molar-refractivity contribution in [3.8, 4) is 11.4 Å². The molecule has 0 saturated heterocycles. The summed E-state index contributed by atoms with van der Waals surface area (Å²) in [5, 5.41) is 11.7. The monoisotopic (exact) mass is 226 g/mol. The van der Waals surface area contributed by atoms with E-state index in [4.69, 9.17) is 0 Å². The average Bonchev–Trinajstić information content (AvgIpc) is 2.83. The summed E-state index contributed by atoms with van der Waals surface area (Å²) in [6, 6.07) is 8.30. The van der Waals surface area contributed by atoms with Crippen LogP contribution in [0.2, 0.25) is 0 Å². The Morgan fingerprint density at radius 3 is 2.41 bits per heavy atom. The van der Waals surface area contributed by atoms with Gasteiger partial charge in [-0.3, -0.25) is 5.10 Å². The molecule has 0 aliphatic carbocycles. The van der Waals surface area contributed by atoms with Gasteiger partial charge in [0.15, 0.2) is 11.5 Å². The molecule has 2 heterocycles. The van der Waals surface area contributed by atoms with E-state index in [2.05, 4.69) is 53.4 Å². The molecule has 0 bridgehead atoms. The molecule has 0 fully saturated rings. The first-order valence-corrected chi connectivity index (χ1v) is 5.64. The zero-order chi connectivity index (χ0) is 12.0. The van der Waals surface area contributed by atoms with E-state index in [-0.39, 0.29) is 0 Å². The molecule has 2 aromatic heterocycles. The van der Waals surface area contributed by atoms with Gasteiger partial charge in [0, 0.05) is 16.8 Å². The van der Waals surface area contributed by atoms with Crippen LogP contribution >= 0.6 is 0 Å². The maximum atomic E-state index is 4.24. The van der Waals surface area contributed by atoms with Crippen LogP contribution in [0, 0.1) is 20.8 Å². The Morgan fingerprint density at radius 1 is 1.00 bits per heavy atom. The van der Waals surface area contributed by atoms with E-state index in [1.807, 2.05) is 11.4 Å². The van der Waals surface area contributed by atoms with Crippen LogP contribution in [0.3, 0.4) is 0 Å². The lowest BCUT2D eigenvalue weighted by atomic mass is 10.1. The van der Waals surface area contributed by atoms with Crippen LogP contribution in [0.1, 0.15) is 16.8 Å². The first kappa shape index (κ1) is 10.1. The number of H-pyrrole nitrogens is 1. The summed E-state index contributed by atoms with van der Waals surface area (Å²) in [5.74, 6) is 0.858. The predicted molar refractivity (Wildman–Crippen MR) is 67.0 cm³/mol. The van der Waals surface area contributed by atoms with Gasteiger partial charge in [0.1, 0.15) is 0 Å². The Bertz CT molecular complexity index is 673. The Kier molecular flexibility index (Phi) is 2.04. The lowest BCUT2D eigenvalue weighted by molar-refractivity contribution is 0.936. The number of aromatic nitrogens is 4. The maximum Gasteiger partial charge on any atom is 0.183 e. The zero-order valence-corrected chi connectivity index (χ0v) is 10.2. The van der Waals surface area contributed by atoms with Gasteiger partial charge in [0.25, 0.3) is 0 Å². The normalized spacial score (nSPS) is 11.2. The standard InChI is InChI=1S/C13H14N4/c1-8-4-6-11(7-5-8)13-15-14-12-9(2)10(3)16-17(12)13/h4-7,16H,1-3H3. The Morgan fingerprint density at radius 2 is 1.71 bits per heavy atom. The highest BCUT2D eigenvalue weighted by molar-refractivity contribution is 5.61. The minimum absolute atomic E-state index is 0.858. The largest absolute Gasteiger partial charge is 0.295 e. The number of nitrogens with one attached hydrogen (secondary N) is 1. The van der Waals surface area contributed by atoms with Gasteiger partial charge in [-0.25, -0.2) is 4.52 Å². The number of aryl methyl sites for hydroxylation is 3. The Hall–Kier alpha value is -2.10. The minimum atomic E-state index is 0.858. The molecule has 0 aliphatic heterocycles. The van der Waals surface area contributed by atoms with Crippen LogP contribution in [-0.2, 0) is 0 Å². The molecular weight excluding hydrogens is 212 g/mol. The van der Waals surface area contributed by atoms with Crippen LogP contribution in [0.25, 0.3) is 17.0 Å². The van der Waals surface area contributed by atoms with Crippen LogP contribution in [0.5, 0.6) is 0 Å². The lowest BCUT2D eigenvalue weighted by Crippen LogP contribution is -1.90. The lowest BCUT2D eigenvalue weighted by Gasteiger charge is -1.98. The number of benzene rings is 1. The van der Waals surface area contributed by atoms with Crippen LogP contribution in [0.15, 0.2) is 24.3 Å². The third kappa shape index (κ3) is 1.45. The van der Waals surface area contributed by atoms with E-state index in [0.29, 0.717) is 0 Å². The molecule has 3 rings (SSSR count). The van der Waals surface area contributed by atoms with Crippen LogP contribution in [0.4, 0.5) is 0 Å². The number of nitrogens with zero attached hydrogens (tertiary/aromatic N) is 3. The fourth-order valence-electron chi connectivity index (χ4n) is 1.94. The van der Waals surface area contributed by atoms with Gasteiger partial charge >= 0.3 is 0 Å². The van der Waals surface area contributed by atoms with Crippen molar-refractivity contribution in [2.24, 2.45) is 0 Å². The summed E-state index contributed by atoms with van der Waals surface area (Å²) in [5.41, 5.74) is 5.50. The Labute approximate surface area is 99.3 Å². The molecular formula is C13H14N4. The highest BCUT2D eigenvalue weighted by Gasteiger charge is 2.12. The van der Waals surface area contributed by atoms with E-state index in [9.17, 15) is 0 Å². The molecule has 0 unspecified atom stereocenters. The van der Waals surface area contributed by atoms with Crippen molar-refractivity contribution < 1.29 is 0 Å². The molecule has 4 nitrogen and oxygen atoms in total. The third-order valence-corrected chi connectivity index (χ3v) is 3.15. The molecule has 17 heavy (non-hydrogen) atoms. The van der Waals surface area contributed by atoms with Crippen molar-refractivity contribution in [2.45, 2.75) is 20.8 Å². The molecule has 4 heteroatoms. The molecule has 1 aromatic carbocycles. The smallest absolute Gasteiger partial charge is 0.183 e. The first-order valence-electron chi connectivity index (χ1n) is 5.64. The minimum Gasteiger partial charge on any atom is -0.295 e. The van der Waals surface area contributed by atoms with E-state index >= 15 is 0 Å². The molecule has 0 saturated carbocycles. The van der Waals surface area contributed by atoms with Gasteiger partial charge in [-0.15, -0.1) is 10.2 Å². The van der Waals surface area contributed by atoms with Gasteiger partial charge in [0.2, 0.25) is 0 Å². The van der Waals surface area contributed by atoms with E-state index < -0.39 is 0 Å². The van der Waals surface area contributed by atoms with Gasteiger partial charge < -0.3 is 0 Å². The maximum absolute atomic E-state index is 4.24. The topological polar surface area (TPSA) is 46.0 Å². The Balaban J connectivity index is 2.24. The van der Waals surface area contributed by atoms with Crippen molar-refractivity contribution in [3.63, 3.8) is 0 Å². The fraction of sp³-hybridized carbons (Fsp3) is 0.231. The third-order valence-electron chi connectivity index (χ3n) is 3.15. The number of rotatable bonds is 1. The highest BCUT2D eigenvalue weighted by Crippen LogP contribution is 2.21. The van der Waals surface area contributed by atoms with Crippen molar-refractivity contribution in [1.82, 2.24) is 19.8 Å². The second-order valence-electron chi connectivity index (χ2n) is 4.41. The van der Waals surface area contributed by atoms with Crippen molar-refractivity contribution >= 4 is 5.65 Å². The van der Waals surface area contributed by atoms with Crippen LogP contribution in [-0.4, -0.2) is 19.8 Å². The molecule has 1 N–H and O–H groups in total. The molecule has 0 spiro atoms. The van der Waals surface area contributed by atoms with Crippen molar-refractivity contribution in [3.05, 3.63) is 41.1 Å². The zero-order valence-electron chi connectivity index (χ0n) is 10.2. The number of hydrogen-bond donors (Lipinski definition) is 1. The number of fused-ring (bicyclic) bond motifs is 1. The number of aromatic amines is 1.